The lowest BCUT2D eigenvalue weighted by molar-refractivity contribution is 0.784. The Morgan fingerprint density at radius 2 is 2.00 bits per heavy atom. The number of fused-ring (bicyclic) bond motifs is 3. The Morgan fingerprint density at radius 1 is 1.19 bits per heavy atom. The van der Waals surface area contributed by atoms with Crippen molar-refractivity contribution in [2.45, 2.75) is 32.7 Å². The van der Waals surface area contributed by atoms with Gasteiger partial charge in [0.2, 0.25) is 0 Å². The quantitative estimate of drug-likeness (QED) is 0.579. The number of anilines is 1. The van der Waals surface area contributed by atoms with Gasteiger partial charge in [0.05, 0.1) is 6.20 Å². The molecule has 0 aliphatic rings. The molecule has 4 aromatic rings. The SMILES string of the molecule is CCc1ncc2c(=O)[nH]c3c(NC(C)Cc4ccccc4)ncnc3n12. The number of nitrogens with zero attached hydrogens (tertiary/aromatic N) is 4. The molecule has 7 heteroatoms. The van der Waals surface area contributed by atoms with Gasteiger partial charge in [0.1, 0.15) is 23.2 Å². The van der Waals surface area contributed by atoms with E-state index in [0.29, 0.717) is 28.9 Å². The van der Waals surface area contributed by atoms with Gasteiger partial charge in [-0.3, -0.25) is 9.20 Å². The molecule has 26 heavy (non-hydrogen) atoms. The molecule has 1 aromatic carbocycles. The van der Waals surface area contributed by atoms with Gasteiger partial charge in [-0.25, -0.2) is 15.0 Å². The van der Waals surface area contributed by atoms with Gasteiger partial charge in [0, 0.05) is 12.5 Å². The highest BCUT2D eigenvalue weighted by molar-refractivity contribution is 5.84. The summed E-state index contributed by atoms with van der Waals surface area (Å²) in [6.07, 6.45) is 4.66. The summed E-state index contributed by atoms with van der Waals surface area (Å²) in [6, 6.07) is 10.4. The Hall–Kier alpha value is -3.22. The van der Waals surface area contributed by atoms with Crippen LogP contribution in [-0.4, -0.2) is 30.4 Å². The first-order chi connectivity index (χ1) is 12.7. The van der Waals surface area contributed by atoms with Crippen LogP contribution in [0.1, 0.15) is 25.2 Å². The lowest BCUT2D eigenvalue weighted by Crippen LogP contribution is -2.21. The van der Waals surface area contributed by atoms with Crippen molar-refractivity contribution in [3.05, 3.63) is 64.6 Å². The zero-order chi connectivity index (χ0) is 18.1. The van der Waals surface area contributed by atoms with Crippen molar-refractivity contribution in [2.24, 2.45) is 0 Å². The molecule has 2 N–H and O–H groups in total. The maximum atomic E-state index is 12.5. The van der Waals surface area contributed by atoms with Crippen LogP contribution in [0.2, 0.25) is 0 Å². The van der Waals surface area contributed by atoms with E-state index < -0.39 is 0 Å². The molecule has 4 rings (SSSR count). The molecule has 3 heterocycles. The van der Waals surface area contributed by atoms with Gasteiger partial charge < -0.3 is 10.3 Å². The van der Waals surface area contributed by atoms with E-state index in [0.717, 1.165) is 12.2 Å². The number of H-pyrrole nitrogens is 1. The number of aromatic nitrogens is 5. The van der Waals surface area contributed by atoms with E-state index in [9.17, 15) is 4.79 Å². The molecule has 1 unspecified atom stereocenters. The molecule has 0 amide bonds. The van der Waals surface area contributed by atoms with Gasteiger partial charge in [0.15, 0.2) is 11.5 Å². The van der Waals surface area contributed by atoms with Crippen LogP contribution in [-0.2, 0) is 12.8 Å². The molecule has 3 aromatic heterocycles. The first kappa shape index (κ1) is 16.3. The van der Waals surface area contributed by atoms with Crippen LogP contribution in [0.25, 0.3) is 16.7 Å². The molecular formula is C19H20N6O. The molecule has 0 saturated carbocycles. The van der Waals surface area contributed by atoms with Gasteiger partial charge in [-0.2, -0.15) is 0 Å². The molecule has 0 fully saturated rings. The van der Waals surface area contributed by atoms with Gasteiger partial charge in [0.25, 0.3) is 5.56 Å². The summed E-state index contributed by atoms with van der Waals surface area (Å²) in [5.74, 6) is 1.42. The minimum atomic E-state index is -0.196. The van der Waals surface area contributed by atoms with Crippen LogP contribution in [0.15, 0.2) is 47.7 Å². The lowest BCUT2D eigenvalue weighted by Gasteiger charge is -2.16. The average molecular weight is 348 g/mol. The van der Waals surface area contributed by atoms with E-state index in [-0.39, 0.29) is 11.6 Å². The molecule has 1 atom stereocenters. The van der Waals surface area contributed by atoms with Gasteiger partial charge >= 0.3 is 0 Å². The fraction of sp³-hybridized carbons (Fsp3) is 0.263. The van der Waals surface area contributed by atoms with Crippen molar-refractivity contribution < 1.29 is 0 Å². The highest BCUT2D eigenvalue weighted by Crippen LogP contribution is 2.19. The van der Waals surface area contributed by atoms with E-state index in [4.69, 9.17) is 0 Å². The third-order valence-corrected chi connectivity index (χ3v) is 4.43. The van der Waals surface area contributed by atoms with Gasteiger partial charge in [-0.15, -0.1) is 0 Å². The predicted molar refractivity (Wildman–Crippen MR) is 102 cm³/mol. The molecule has 0 bridgehead atoms. The third kappa shape index (κ3) is 2.81. The number of aryl methyl sites for hydroxylation is 1. The minimum Gasteiger partial charge on any atom is -0.365 e. The number of nitrogens with one attached hydrogen (secondary N) is 2. The van der Waals surface area contributed by atoms with Crippen LogP contribution in [0.5, 0.6) is 0 Å². The summed E-state index contributed by atoms with van der Waals surface area (Å²) in [5, 5.41) is 3.40. The summed E-state index contributed by atoms with van der Waals surface area (Å²) in [7, 11) is 0. The number of imidazole rings is 1. The molecule has 0 aliphatic carbocycles. The minimum absolute atomic E-state index is 0.142. The monoisotopic (exact) mass is 348 g/mol. The Bertz CT molecular complexity index is 1120. The average Bonchev–Trinajstić information content (AvgIpc) is 3.08. The number of benzene rings is 1. The summed E-state index contributed by atoms with van der Waals surface area (Å²) in [6.45, 7) is 4.09. The van der Waals surface area contributed by atoms with Gasteiger partial charge in [-0.1, -0.05) is 37.3 Å². The van der Waals surface area contributed by atoms with Crippen molar-refractivity contribution in [1.82, 2.24) is 24.3 Å². The van der Waals surface area contributed by atoms with E-state index in [2.05, 4.69) is 44.3 Å². The Morgan fingerprint density at radius 3 is 2.77 bits per heavy atom. The maximum absolute atomic E-state index is 12.5. The van der Waals surface area contributed by atoms with Gasteiger partial charge in [-0.05, 0) is 18.9 Å². The van der Waals surface area contributed by atoms with Crippen LogP contribution < -0.4 is 10.9 Å². The smallest absolute Gasteiger partial charge is 0.274 e. The van der Waals surface area contributed by atoms with Crippen molar-refractivity contribution in [1.29, 1.82) is 0 Å². The Kier molecular flexibility index (Phi) is 4.12. The second-order valence-corrected chi connectivity index (χ2v) is 6.36. The summed E-state index contributed by atoms with van der Waals surface area (Å²) >= 11 is 0. The van der Waals surface area contributed by atoms with E-state index >= 15 is 0 Å². The van der Waals surface area contributed by atoms with E-state index in [1.54, 1.807) is 6.20 Å². The number of rotatable bonds is 5. The van der Waals surface area contributed by atoms with Crippen molar-refractivity contribution in [2.75, 3.05) is 5.32 Å². The molecule has 0 spiro atoms. The van der Waals surface area contributed by atoms with Crippen LogP contribution in [0.3, 0.4) is 0 Å². The predicted octanol–water partition coefficient (Wildman–Crippen LogP) is 2.57. The molecule has 132 valence electrons. The Balaban J connectivity index is 1.76. The largest absolute Gasteiger partial charge is 0.365 e. The second-order valence-electron chi connectivity index (χ2n) is 6.36. The molecule has 0 radical (unpaired) electrons. The second kappa shape index (κ2) is 6.59. The van der Waals surface area contributed by atoms with Crippen LogP contribution >= 0.6 is 0 Å². The topological polar surface area (TPSA) is 88.0 Å². The van der Waals surface area contributed by atoms with Crippen LogP contribution in [0.4, 0.5) is 5.82 Å². The van der Waals surface area contributed by atoms with Crippen molar-refractivity contribution in [3.63, 3.8) is 0 Å². The van der Waals surface area contributed by atoms with Crippen molar-refractivity contribution in [3.8, 4) is 0 Å². The number of hydrogen-bond acceptors (Lipinski definition) is 5. The molecule has 0 aliphatic heterocycles. The molecule has 0 saturated heterocycles. The van der Waals surface area contributed by atoms with Crippen molar-refractivity contribution >= 4 is 22.5 Å². The number of hydrogen-bond donors (Lipinski definition) is 2. The summed E-state index contributed by atoms with van der Waals surface area (Å²) < 4.78 is 1.81. The van der Waals surface area contributed by atoms with Crippen LogP contribution in [0, 0.1) is 0 Å². The molecule has 7 nitrogen and oxygen atoms in total. The fourth-order valence-electron chi connectivity index (χ4n) is 3.24. The van der Waals surface area contributed by atoms with E-state index in [1.807, 2.05) is 29.5 Å². The first-order valence-corrected chi connectivity index (χ1v) is 8.71. The normalized spacial score (nSPS) is 12.5. The molecular weight excluding hydrogens is 328 g/mol. The summed E-state index contributed by atoms with van der Waals surface area (Å²) in [5.41, 5.74) is 2.79. The zero-order valence-electron chi connectivity index (χ0n) is 14.7. The van der Waals surface area contributed by atoms with E-state index in [1.165, 1.54) is 11.9 Å². The highest BCUT2D eigenvalue weighted by atomic mass is 16.1. The Labute approximate surface area is 150 Å². The summed E-state index contributed by atoms with van der Waals surface area (Å²) in [4.78, 5) is 28.4. The maximum Gasteiger partial charge on any atom is 0.274 e. The first-order valence-electron chi connectivity index (χ1n) is 8.71. The standard InChI is InChI=1S/C19H20N6O/c1-3-15-20-10-14-19(26)24-16-17(21-11-22-18(16)25(14)15)23-12(2)9-13-7-5-4-6-8-13/h4-8,10-12H,3,9H2,1-2H3,(H,24,26)(H,21,22,23). The third-order valence-electron chi connectivity index (χ3n) is 4.43. The lowest BCUT2D eigenvalue weighted by atomic mass is 10.1. The number of aromatic amines is 1. The highest BCUT2D eigenvalue weighted by Gasteiger charge is 2.15. The fourth-order valence-corrected chi connectivity index (χ4v) is 3.24. The zero-order valence-corrected chi connectivity index (χ0v) is 14.7.